The molecule has 0 spiro atoms. The van der Waals surface area contributed by atoms with Gasteiger partial charge in [0.1, 0.15) is 10.8 Å². The number of hydrogen-bond acceptors (Lipinski definition) is 5. The van der Waals surface area contributed by atoms with E-state index in [2.05, 4.69) is 4.98 Å². The van der Waals surface area contributed by atoms with Crippen LogP contribution >= 0.6 is 11.3 Å². The van der Waals surface area contributed by atoms with Crippen LogP contribution in [-0.4, -0.2) is 22.9 Å². The van der Waals surface area contributed by atoms with Gasteiger partial charge in [-0.1, -0.05) is 18.2 Å². The van der Waals surface area contributed by atoms with Crippen LogP contribution in [0.2, 0.25) is 0 Å². The minimum Gasteiger partial charge on any atom is -0.493 e. The molecule has 0 aliphatic carbocycles. The van der Waals surface area contributed by atoms with Gasteiger partial charge in [-0.25, -0.2) is 9.37 Å². The van der Waals surface area contributed by atoms with Gasteiger partial charge in [0.15, 0.2) is 11.5 Å². The van der Waals surface area contributed by atoms with E-state index in [9.17, 15) is 8.60 Å². The molecule has 0 bridgehead atoms. The summed E-state index contributed by atoms with van der Waals surface area (Å²) in [5.74, 6) is 1.47. The summed E-state index contributed by atoms with van der Waals surface area (Å²) in [6, 6.07) is 12.1. The van der Waals surface area contributed by atoms with Crippen molar-refractivity contribution in [1.82, 2.24) is 4.98 Å². The fraction of sp³-hybridized carbons (Fsp3) is 0.250. The fourth-order valence-electron chi connectivity index (χ4n) is 2.59. The van der Waals surface area contributed by atoms with Gasteiger partial charge in [-0.3, -0.25) is 4.21 Å². The summed E-state index contributed by atoms with van der Waals surface area (Å²) in [5.41, 5.74) is 2.10. The molecular weight excluding hydrogens is 385 g/mol. The predicted molar refractivity (Wildman–Crippen MR) is 107 cm³/mol. The van der Waals surface area contributed by atoms with Gasteiger partial charge in [0.2, 0.25) is 0 Å². The molecule has 4 nitrogen and oxygen atoms in total. The Labute approximate surface area is 164 Å². The number of aromatic nitrogens is 1. The van der Waals surface area contributed by atoms with Crippen molar-refractivity contribution in [2.45, 2.75) is 18.4 Å². The molecule has 27 heavy (non-hydrogen) atoms. The van der Waals surface area contributed by atoms with Crippen molar-refractivity contribution in [3.05, 3.63) is 64.9 Å². The summed E-state index contributed by atoms with van der Waals surface area (Å²) in [6.45, 7) is 2.48. The van der Waals surface area contributed by atoms with Crippen LogP contribution in [0.25, 0.3) is 10.6 Å². The first-order chi connectivity index (χ1) is 13.1. The van der Waals surface area contributed by atoms with E-state index in [1.165, 1.54) is 17.4 Å². The van der Waals surface area contributed by atoms with Crippen molar-refractivity contribution in [1.29, 1.82) is 0 Å². The van der Waals surface area contributed by atoms with Crippen molar-refractivity contribution < 1.29 is 18.1 Å². The quantitative estimate of drug-likeness (QED) is 0.540. The molecule has 3 aromatic rings. The van der Waals surface area contributed by atoms with E-state index in [1.54, 1.807) is 25.3 Å². The van der Waals surface area contributed by atoms with Crippen molar-refractivity contribution >= 4 is 22.1 Å². The average Bonchev–Trinajstić information content (AvgIpc) is 3.12. The number of methoxy groups -OCH3 is 1. The highest BCUT2D eigenvalue weighted by molar-refractivity contribution is 7.83. The number of halogens is 1. The molecule has 0 unspecified atom stereocenters. The first kappa shape index (κ1) is 19.5. The minimum absolute atomic E-state index is 0.177. The zero-order valence-electron chi connectivity index (χ0n) is 15.1. The summed E-state index contributed by atoms with van der Waals surface area (Å²) in [7, 11) is 0.370. The first-order valence-electron chi connectivity index (χ1n) is 8.44. The van der Waals surface area contributed by atoms with Gasteiger partial charge in [-0.05, 0) is 31.2 Å². The molecule has 142 valence electrons. The second kappa shape index (κ2) is 9.10. The van der Waals surface area contributed by atoms with Crippen LogP contribution in [0, 0.1) is 5.82 Å². The molecule has 0 aliphatic heterocycles. The molecule has 0 N–H and O–H groups in total. The zero-order valence-corrected chi connectivity index (χ0v) is 16.7. The maximum Gasteiger partial charge on any atom is 0.161 e. The van der Waals surface area contributed by atoms with Crippen LogP contribution in [0.4, 0.5) is 4.39 Å². The van der Waals surface area contributed by atoms with E-state index in [-0.39, 0.29) is 11.6 Å². The first-order valence-corrected chi connectivity index (χ1v) is 10.8. The van der Waals surface area contributed by atoms with Crippen molar-refractivity contribution in [2.24, 2.45) is 0 Å². The molecule has 0 saturated carbocycles. The fourth-order valence-corrected chi connectivity index (χ4v) is 4.67. The Hall–Kier alpha value is -2.25. The highest BCUT2D eigenvalue weighted by atomic mass is 32.2. The SMILES string of the molecule is CCOc1ccc(-c2nc(C[S@@](=O)Cc3ccccc3F)cs2)cc1OC. The normalized spacial score (nSPS) is 12.0. The molecule has 2 aromatic carbocycles. The van der Waals surface area contributed by atoms with Crippen molar-refractivity contribution in [2.75, 3.05) is 13.7 Å². The molecule has 1 heterocycles. The Morgan fingerprint density at radius 2 is 1.96 bits per heavy atom. The van der Waals surface area contributed by atoms with E-state index < -0.39 is 10.8 Å². The third kappa shape index (κ3) is 4.93. The molecule has 0 radical (unpaired) electrons. The van der Waals surface area contributed by atoms with Crippen LogP contribution in [0.5, 0.6) is 11.5 Å². The van der Waals surface area contributed by atoms with Crippen molar-refractivity contribution in [3.8, 4) is 22.1 Å². The summed E-state index contributed by atoms with van der Waals surface area (Å²) in [4.78, 5) is 4.57. The molecule has 1 aromatic heterocycles. The Bertz CT molecular complexity index is 942. The van der Waals surface area contributed by atoms with Crippen LogP contribution in [0.3, 0.4) is 0 Å². The predicted octanol–water partition coefficient (Wildman–Crippen LogP) is 4.81. The molecule has 0 fully saturated rings. The van der Waals surface area contributed by atoms with E-state index >= 15 is 0 Å². The minimum atomic E-state index is -1.23. The lowest BCUT2D eigenvalue weighted by molar-refractivity contribution is 0.311. The highest BCUT2D eigenvalue weighted by Gasteiger charge is 2.13. The number of hydrogen-bond donors (Lipinski definition) is 0. The molecule has 0 saturated heterocycles. The maximum absolute atomic E-state index is 13.7. The average molecular weight is 406 g/mol. The third-order valence-electron chi connectivity index (χ3n) is 3.85. The summed E-state index contributed by atoms with van der Waals surface area (Å²) in [6.07, 6.45) is 0. The lowest BCUT2D eigenvalue weighted by Crippen LogP contribution is -2.01. The third-order valence-corrected chi connectivity index (χ3v) is 6.04. The van der Waals surface area contributed by atoms with Gasteiger partial charge >= 0.3 is 0 Å². The van der Waals surface area contributed by atoms with Gasteiger partial charge in [-0.2, -0.15) is 0 Å². The Kier molecular flexibility index (Phi) is 6.58. The van der Waals surface area contributed by atoms with Crippen molar-refractivity contribution in [3.63, 3.8) is 0 Å². The smallest absolute Gasteiger partial charge is 0.161 e. The van der Waals surface area contributed by atoms with E-state index in [0.29, 0.717) is 29.4 Å². The molecule has 3 rings (SSSR count). The number of nitrogens with zero attached hydrogens (tertiary/aromatic N) is 1. The molecular formula is C20H20FNO3S2. The van der Waals surface area contributed by atoms with Crippen LogP contribution < -0.4 is 9.47 Å². The number of ether oxygens (including phenoxy) is 2. The maximum atomic E-state index is 13.7. The lowest BCUT2D eigenvalue weighted by Gasteiger charge is -2.09. The van der Waals surface area contributed by atoms with Gasteiger partial charge in [0.05, 0.1) is 30.9 Å². The standard InChI is InChI=1S/C20H20FNO3S2/c1-3-25-18-9-8-14(10-19(18)24-2)20-22-16(11-26-20)13-27(23)12-15-6-4-5-7-17(15)21/h4-11H,3,12-13H2,1-2H3/t27-/m0/s1. The topological polar surface area (TPSA) is 48.4 Å². The van der Waals surface area contributed by atoms with Gasteiger partial charge < -0.3 is 9.47 Å². The van der Waals surface area contributed by atoms with E-state index in [1.807, 2.05) is 30.5 Å². The Balaban J connectivity index is 1.71. The van der Waals surface area contributed by atoms with Crippen LogP contribution in [0.1, 0.15) is 18.2 Å². The number of benzene rings is 2. The van der Waals surface area contributed by atoms with Gasteiger partial charge in [0, 0.05) is 27.3 Å². The van der Waals surface area contributed by atoms with Gasteiger partial charge in [-0.15, -0.1) is 11.3 Å². The zero-order chi connectivity index (χ0) is 19.2. The molecule has 7 heteroatoms. The largest absolute Gasteiger partial charge is 0.493 e. The van der Waals surface area contributed by atoms with E-state index in [0.717, 1.165) is 16.3 Å². The van der Waals surface area contributed by atoms with Crippen LogP contribution in [-0.2, 0) is 22.3 Å². The number of rotatable bonds is 8. The molecule has 1 atom stereocenters. The second-order valence-electron chi connectivity index (χ2n) is 5.76. The highest BCUT2D eigenvalue weighted by Crippen LogP contribution is 2.34. The molecule has 0 aliphatic rings. The summed E-state index contributed by atoms with van der Waals surface area (Å²) < 4.78 is 37.0. The number of thiazole rings is 1. The summed E-state index contributed by atoms with van der Waals surface area (Å²) >= 11 is 1.48. The Morgan fingerprint density at radius 1 is 1.15 bits per heavy atom. The van der Waals surface area contributed by atoms with Crippen LogP contribution in [0.15, 0.2) is 47.8 Å². The monoisotopic (exact) mass is 405 g/mol. The van der Waals surface area contributed by atoms with Gasteiger partial charge in [0.25, 0.3) is 0 Å². The Morgan fingerprint density at radius 3 is 2.70 bits per heavy atom. The molecule has 0 amide bonds. The summed E-state index contributed by atoms with van der Waals surface area (Å²) in [5, 5.41) is 2.70. The lowest BCUT2D eigenvalue weighted by atomic mass is 10.2. The van der Waals surface area contributed by atoms with E-state index in [4.69, 9.17) is 9.47 Å². The second-order valence-corrected chi connectivity index (χ2v) is 8.08.